The van der Waals surface area contributed by atoms with E-state index in [0.717, 1.165) is 16.9 Å². The summed E-state index contributed by atoms with van der Waals surface area (Å²) in [4.78, 5) is 18.4. The van der Waals surface area contributed by atoms with E-state index < -0.39 is 11.8 Å². The summed E-state index contributed by atoms with van der Waals surface area (Å²) in [7, 11) is 1.72. The van der Waals surface area contributed by atoms with Gasteiger partial charge >= 0.3 is 0 Å². The molecule has 0 saturated carbocycles. The lowest BCUT2D eigenvalue weighted by Crippen LogP contribution is -2.48. The standard InChI is InChI=1S/C26H24ClF2N7O/c1-15-32-19-4-3-18(9-21(19)33-15)37-23-6-5-20-25(24(23)27)34-22(11-30-20)16-10-31-36(12-16)13-17-7-8-35(2)14-26(17,28)29/h3-6,9-12,17H,7-8,13-14H2,1-2H3,(H,32,33). The van der Waals surface area contributed by atoms with Crippen LogP contribution >= 0.6 is 11.6 Å². The third-order valence-electron chi connectivity index (χ3n) is 6.69. The third-order valence-corrected chi connectivity index (χ3v) is 7.06. The molecule has 1 aliphatic heterocycles. The van der Waals surface area contributed by atoms with Gasteiger partial charge in [0.15, 0.2) is 0 Å². The number of nitrogens with one attached hydrogen (secondary N) is 1. The number of aryl methyl sites for hydroxylation is 1. The van der Waals surface area contributed by atoms with Gasteiger partial charge in [0.1, 0.15) is 27.9 Å². The molecule has 4 heterocycles. The summed E-state index contributed by atoms with van der Waals surface area (Å²) in [6.45, 7) is 2.44. The topological polar surface area (TPSA) is 84.8 Å². The normalized spacial score (nSPS) is 18.0. The lowest BCUT2D eigenvalue weighted by Gasteiger charge is -2.36. The molecule has 1 unspecified atom stereocenters. The second kappa shape index (κ2) is 9.04. The number of aromatic amines is 1. The minimum atomic E-state index is -2.76. The Labute approximate surface area is 216 Å². The first-order chi connectivity index (χ1) is 17.7. The number of likely N-dealkylation sites (tertiary alicyclic amines) is 1. The number of piperidine rings is 1. The highest BCUT2D eigenvalue weighted by molar-refractivity contribution is 6.36. The van der Waals surface area contributed by atoms with Gasteiger partial charge in [-0.2, -0.15) is 5.10 Å². The first-order valence-corrected chi connectivity index (χ1v) is 12.3. The van der Waals surface area contributed by atoms with Gasteiger partial charge in [-0.15, -0.1) is 0 Å². The molecule has 0 aliphatic carbocycles. The van der Waals surface area contributed by atoms with Crippen LogP contribution in [-0.4, -0.2) is 60.7 Å². The van der Waals surface area contributed by atoms with Gasteiger partial charge in [-0.25, -0.2) is 18.7 Å². The van der Waals surface area contributed by atoms with E-state index in [1.165, 1.54) is 0 Å². The molecule has 190 valence electrons. The van der Waals surface area contributed by atoms with Crippen molar-refractivity contribution in [2.45, 2.75) is 25.8 Å². The van der Waals surface area contributed by atoms with Gasteiger partial charge in [0, 0.05) is 30.3 Å². The van der Waals surface area contributed by atoms with Crippen molar-refractivity contribution in [2.24, 2.45) is 5.92 Å². The number of nitrogens with zero attached hydrogens (tertiary/aromatic N) is 6. The zero-order valence-corrected chi connectivity index (χ0v) is 21.0. The molecule has 2 aromatic carbocycles. The third kappa shape index (κ3) is 4.62. The van der Waals surface area contributed by atoms with E-state index in [9.17, 15) is 8.78 Å². The second-order valence-corrected chi connectivity index (χ2v) is 9.92. The largest absolute Gasteiger partial charge is 0.456 e. The lowest BCUT2D eigenvalue weighted by atomic mass is 9.93. The molecule has 0 amide bonds. The van der Waals surface area contributed by atoms with Crippen LogP contribution in [0.1, 0.15) is 12.2 Å². The van der Waals surface area contributed by atoms with E-state index in [1.54, 1.807) is 47.4 Å². The first-order valence-electron chi connectivity index (χ1n) is 11.9. The minimum absolute atomic E-state index is 0.140. The number of halogens is 3. The highest BCUT2D eigenvalue weighted by atomic mass is 35.5. The zero-order valence-electron chi connectivity index (χ0n) is 20.3. The molecule has 1 N–H and O–H groups in total. The molecule has 1 fully saturated rings. The van der Waals surface area contributed by atoms with E-state index in [4.69, 9.17) is 21.3 Å². The fraction of sp³-hybridized carbons (Fsp3) is 0.308. The van der Waals surface area contributed by atoms with Crippen molar-refractivity contribution in [3.63, 3.8) is 0 Å². The molecule has 1 aliphatic rings. The van der Waals surface area contributed by atoms with Crippen molar-refractivity contribution in [2.75, 3.05) is 20.1 Å². The Morgan fingerprint density at radius 3 is 2.84 bits per heavy atom. The van der Waals surface area contributed by atoms with Crippen molar-refractivity contribution in [3.05, 3.63) is 59.8 Å². The Hall–Kier alpha value is -3.63. The fourth-order valence-corrected chi connectivity index (χ4v) is 4.99. The summed E-state index contributed by atoms with van der Waals surface area (Å²) in [5.41, 5.74) is 4.02. The number of ether oxygens (including phenoxy) is 1. The molecule has 37 heavy (non-hydrogen) atoms. The average Bonchev–Trinajstić information content (AvgIpc) is 3.47. The van der Waals surface area contributed by atoms with E-state index in [0.29, 0.717) is 51.8 Å². The zero-order chi connectivity index (χ0) is 25.7. The number of hydrogen-bond acceptors (Lipinski definition) is 6. The molecule has 8 nitrogen and oxygen atoms in total. The van der Waals surface area contributed by atoms with Gasteiger partial charge in [0.05, 0.1) is 41.2 Å². The average molecular weight is 524 g/mol. The monoisotopic (exact) mass is 523 g/mol. The Morgan fingerprint density at radius 2 is 2.00 bits per heavy atom. The number of benzene rings is 2. The lowest BCUT2D eigenvalue weighted by molar-refractivity contribution is -0.111. The maximum atomic E-state index is 14.5. The van der Waals surface area contributed by atoms with Gasteiger partial charge in [0.25, 0.3) is 5.92 Å². The maximum absolute atomic E-state index is 14.5. The molecule has 0 spiro atoms. The van der Waals surface area contributed by atoms with Gasteiger partial charge < -0.3 is 14.6 Å². The van der Waals surface area contributed by atoms with Crippen LogP contribution in [-0.2, 0) is 6.54 Å². The summed E-state index contributed by atoms with van der Waals surface area (Å²) in [5, 5.41) is 4.63. The molecular weight excluding hydrogens is 500 g/mol. The number of rotatable bonds is 5. The van der Waals surface area contributed by atoms with Crippen LogP contribution in [0.3, 0.4) is 0 Å². The highest BCUT2D eigenvalue weighted by Gasteiger charge is 2.43. The van der Waals surface area contributed by atoms with Crippen LogP contribution in [0.15, 0.2) is 48.9 Å². The Bertz CT molecular complexity index is 1620. The second-order valence-electron chi connectivity index (χ2n) is 9.54. The molecule has 11 heteroatoms. The quantitative estimate of drug-likeness (QED) is 0.317. The SMILES string of the molecule is Cc1nc2ccc(Oc3ccc4ncc(-c5cnn(CC6CCN(C)CC6(F)F)c5)nc4c3Cl)cc2[nH]1. The van der Waals surface area contributed by atoms with Crippen LogP contribution in [0.4, 0.5) is 8.78 Å². The molecule has 0 bridgehead atoms. The maximum Gasteiger partial charge on any atom is 0.265 e. The number of imidazole rings is 1. The summed E-state index contributed by atoms with van der Waals surface area (Å²) < 4.78 is 36.6. The van der Waals surface area contributed by atoms with Crippen molar-refractivity contribution >= 4 is 33.7 Å². The number of alkyl halides is 2. The van der Waals surface area contributed by atoms with Crippen molar-refractivity contribution in [1.82, 2.24) is 34.6 Å². The summed E-state index contributed by atoms with van der Waals surface area (Å²) >= 11 is 6.69. The van der Waals surface area contributed by atoms with Crippen molar-refractivity contribution < 1.29 is 13.5 Å². The Balaban J connectivity index is 1.26. The van der Waals surface area contributed by atoms with Crippen LogP contribution < -0.4 is 4.74 Å². The van der Waals surface area contributed by atoms with Crippen LogP contribution in [0.5, 0.6) is 11.5 Å². The molecule has 0 radical (unpaired) electrons. The number of H-pyrrole nitrogens is 1. The predicted octanol–water partition coefficient (Wildman–Crippen LogP) is 5.71. The summed E-state index contributed by atoms with van der Waals surface area (Å²) in [5.74, 6) is -1.66. The molecule has 3 aromatic heterocycles. The van der Waals surface area contributed by atoms with Gasteiger partial charge in [-0.3, -0.25) is 9.67 Å². The smallest absolute Gasteiger partial charge is 0.265 e. The van der Waals surface area contributed by atoms with E-state index in [1.807, 2.05) is 25.1 Å². The summed E-state index contributed by atoms with van der Waals surface area (Å²) in [6.07, 6.45) is 5.37. The molecule has 6 rings (SSSR count). The molecular formula is C26H24ClF2N7O. The first kappa shape index (κ1) is 23.7. The number of fused-ring (bicyclic) bond motifs is 2. The summed E-state index contributed by atoms with van der Waals surface area (Å²) in [6, 6.07) is 9.10. The fourth-order valence-electron chi connectivity index (χ4n) is 4.75. The Kier molecular flexibility index (Phi) is 5.80. The van der Waals surface area contributed by atoms with Gasteiger partial charge in [-0.05, 0) is 51.2 Å². The van der Waals surface area contributed by atoms with Crippen LogP contribution in [0.2, 0.25) is 5.02 Å². The number of hydrogen-bond donors (Lipinski definition) is 1. The highest BCUT2D eigenvalue weighted by Crippen LogP contribution is 2.36. The number of aromatic nitrogens is 6. The van der Waals surface area contributed by atoms with Crippen LogP contribution in [0, 0.1) is 12.8 Å². The van der Waals surface area contributed by atoms with Crippen LogP contribution in [0.25, 0.3) is 33.3 Å². The molecule has 5 aromatic rings. The van der Waals surface area contributed by atoms with Gasteiger partial charge in [0.2, 0.25) is 0 Å². The van der Waals surface area contributed by atoms with E-state index in [-0.39, 0.29) is 13.1 Å². The Morgan fingerprint density at radius 1 is 1.16 bits per heavy atom. The predicted molar refractivity (Wildman–Crippen MR) is 137 cm³/mol. The van der Waals surface area contributed by atoms with Crippen molar-refractivity contribution in [1.29, 1.82) is 0 Å². The van der Waals surface area contributed by atoms with Crippen molar-refractivity contribution in [3.8, 4) is 22.8 Å². The van der Waals surface area contributed by atoms with E-state index in [2.05, 4.69) is 20.1 Å². The van der Waals surface area contributed by atoms with E-state index >= 15 is 0 Å². The molecule has 1 saturated heterocycles. The van der Waals surface area contributed by atoms with Gasteiger partial charge in [-0.1, -0.05) is 11.6 Å². The minimum Gasteiger partial charge on any atom is -0.456 e. The molecule has 1 atom stereocenters.